The molecule has 1 aliphatic heterocycles. The molecule has 1 aromatic carbocycles. The Morgan fingerprint density at radius 2 is 2.24 bits per heavy atom. The second-order valence-electron chi connectivity index (χ2n) is 5.74. The van der Waals surface area contributed by atoms with Crippen LogP contribution >= 0.6 is 0 Å². The molecular formula is C17H26N2O2. The van der Waals surface area contributed by atoms with Crippen LogP contribution in [0.3, 0.4) is 0 Å². The highest BCUT2D eigenvalue weighted by atomic mass is 16.5. The van der Waals surface area contributed by atoms with Crippen molar-refractivity contribution in [2.45, 2.75) is 45.6 Å². The fraction of sp³-hybridized carbons (Fsp3) is 0.588. The fourth-order valence-corrected chi connectivity index (χ4v) is 2.57. The van der Waals surface area contributed by atoms with Crippen LogP contribution in [0.25, 0.3) is 0 Å². The van der Waals surface area contributed by atoms with Gasteiger partial charge in [0.25, 0.3) is 5.91 Å². The van der Waals surface area contributed by atoms with Crippen molar-refractivity contribution < 1.29 is 9.53 Å². The molecule has 0 fully saturated rings. The molecule has 2 N–H and O–H groups in total. The minimum Gasteiger partial charge on any atom is -0.385 e. The van der Waals surface area contributed by atoms with Gasteiger partial charge in [-0.2, -0.15) is 0 Å². The van der Waals surface area contributed by atoms with Gasteiger partial charge in [0.05, 0.1) is 6.10 Å². The monoisotopic (exact) mass is 290 g/mol. The first-order chi connectivity index (χ1) is 10.2. The van der Waals surface area contributed by atoms with Crippen LogP contribution in [-0.2, 0) is 11.2 Å². The zero-order valence-electron chi connectivity index (χ0n) is 13.1. The van der Waals surface area contributed by atoms with Crippen LogP contribution in [0.4, 0.5) is 5.69 Å². The summed E-state index contributed by atoms with van der Waals surface area (Å²) in [6.45, 7) is 6.53. The number of hydrogen-bond donors (Lipinski definition) is 2. The molecule has 1 heterocycles. The van der Waals surface area contributed by atoms with Gasteiger partial charge in [0.15, 0.2) is 0 Å². The van der Waals surface area contributed by atoms with E-state index >= 15 is 0 Å². The van der Waals surface area contributed by atoms with E-state index < -0.39 is 0 Å². The number of carbonyl (C=O) groups excluding carboxylic acids is 1. The summed E-state index contributed by atoms with van der Waals surface area (Å²) in [6, 6.07) is 5.92. The second kappa shape index (κ2) is 8.03. The Morgan fingerprint density at radius 1 is 1.38 bits per heavy atom. The lowest BCUT2D eigenvalue weighted by Crippen LogP contribution is -2.27. The lowest BCUT2D eigenvalue weighted by molar-refractivity contribution is 0.0754. The molecule has 0 unspecified atom stereocenters. The summed E-state index contributed by atoms with van der Waals surface area (Å²) in [4.78, 5) is 12.3. The van der Waals surface area contributed by atoms with Crippen LogP contribution in [0.15, 0.2) is 18.2 Å². The van der Waals surface area contributed by atoms with Crippen molar-refractivity contribution in [2.75, 3.05) is 25.0 Å². The van der Waals surface area contributed by atoms with Gasteiger partial charge in [-0.3, -0.25) is 4.79 Å². The largest absolute Gasteiger partial charge is 0.385 e. The van der Waals surface area contributed by atoms with Gasteiger partial charge < -0.3 is 15.4 Å². The van der Waals surface area contributed by atoms with E-state index in [-0.39, 0.29) is 12.0 Å². The average Bonchev–Trinajstić information content (AvgIpc) is 2.49. The van der Waals surface area contributed by atoms with E-state index in [0.717, 1.165) is 55.6 Å². The van der Waals surface area contributed by atoms with Crippen LogP contribution in [0.2, 0.25) is 0 Å². The van der Waals surface area contributed by atoms with Crippen LogP contribution in [0.1, 0.15) is 49.0 Å². The molecule has 0 saturated heterocycles. The predicted octanol–water partition coefficient (Wildman–Crippen LogP) is 2.98. The first-order valence-electron chi connectivity index (χ1n) is 7.94. The summed E-state index contributed by atoms with van der Waals surface area (Å²) in [5, 5.41) is 6.37. The van der Waals surface area contributed by atoms with Crippen molar-refractivity contribution in [1.29, 1.82) is 0 Å². The average molecular weight is 290 g/mol. The minimum absolute atomic E-state index is 0.0420. The van der Waals surface area contributed by atoms with Crippen LogP contribution in [0, 0.1) is 0 Å². The molecule has 0 radical (unpaired) electrons. The van der Waals surface area contributed by atoms with Crippen molar-refractivity contribution >= 4 is 11.6 Å². The van der Waals surface area contributed by atoms with Crippen LogP contribution in [0.5, 0.6) is 0 Å². The lowest BCUT2D eigenvalue weighted by atomic mass is 9.97. The number of unbranched alkanes of at least 4 members (excludes halogenated alkanes) is 1. The maximum absolute atomic E-state index is 12.3. The van der Waals surface area contributed by atoms with Crippen LogP contribution in [-0.4, -0.2) is 31.7 Å². The van der Waals surface area contributed by atoms with Crippen molar-refractivity contribution in [2.24, 2.45) is 0 Å². The molecule has 1 amide bonds. The Hall–Kier alpha value is -1.55. The molecule has 0 bridgehead atoms. The molecule has 0 spiro atoms. The Kier molecular flexibility index (Phi) is 6.05. The molecule has 0 aromatic heterocycles. The molecule has 1 aliphatic rings. The maximum atomic E-state index is 12.3. The number of hydrogen-bond acceptors (Lipinski definition) is 3. The number of benzene rings is 1. The molecule has 116 valence electrons. The van der Waals surface area contributed by atoms with Gasteiger partial charge in [0.1, 0.15) is 0 Å². The number of amides is 1. The molecule has 4 heteroatoms. The van der Waals surface area contributed by atoms with Gasteiger partial charge in [-0.15, -0.1) is 0 Å². The molecule has 21 heavy (non-hydrogen) atoms. The molecule has 4 nitrogen and oxygen atoms in total. The Balaban J connectivity index is 1.79. The highest BCUT2D eigenvalue weighted by molar-refractivity contribution is 5.97. The van der Waals surface area contributed by atoms with E-state index in [9.17, 15) is 4.79 Å². The molecule has 0 aliphatic carbocycles. The first kappa shape index (κ1) is 15.8. The number of nitrogens with one attached hydrogen (secondary N) is 2. The molecular weight excluding hydrogens is 264 g/mol. The number of carbonyl (C=O) groups is 1. The smallest absolute Gasteiger partial charge is 0.251 e. The van der Waals surface area contributed by atoms with E-state index in [1.165, 1.54) is 0 Å². The van der Waals surface area contributed by atoms with Gasteiger partial charge in [0, 0.05) is 30.9 Å². The molecule has 0 saturated carbocycles. The number of anilines is 1. The zero-order valence-corrected chi connectivity index (χ0v) is 13.1. The zero-order chi connectivity index (χ0) is 15.1. The lowest BCUT2D eigenvalue weighted by Gasteiger charge is -2.20. The Bertz CT molecular complexity index is 472. The van der Waals surface area contributed by atoms with E-state index in [1.54, 1.807) is 0 Å². The second-order valence-corrected chi connectivity index (χ2v) is 5.74. The summed E-state index contributed by atoms with van der Waals surface area (Å²) in [5.74, 6) is 0.0420. The number of rotatable bonds is 7. The van der Waals surface area contributed by atoms with E-state index in [1.807, 2.05) is 26.0 Å². The van der Waals surface area contributed by atoms with Gasteiger partial charge in [0.2, 0.25) is 0 Å². The standard InChI is InChI=1S/C17H26N2O2/c1-13(2)21-12-4-3-10-19-17(20)15-7-5-9-16-14(15)8-6-11-18-16/h5,7,9,13,18H,3-4,6,8,10-12H2,1-2H3,(H,19,20). The topological polar surface area (TPSA) is 50.4 Å². The number of fused-ring (bicyclic) bond motifs is 1. The Labute approximate surface area is 127 Å². The molecule has 2 rings (SSSR count). The third kappa shape index (κ3) is 4.74. The summed E-state index contributed by atoms with van der Waals surface area (Å²) in [5.41, 5.74) is 3.08. The van der Waals surface area contributed by atoms with Gasteiger partial charge in [-0.05, 0) is 57.2 Å². The normalized spacial score (nSPS) is 13.7. The van der Waals surface area contributed by atoms with Crippen molar-refractivity contribution in [3.05, 3.63) is 29.3 Å². The Morgan fingerprint density at radius 3 is 3.05 bits per heavy atom. The third-order valence-corrected chi connectivity index (χ3v) is 3.65. The minimum atomic E-state index is 0.0420. The molecule has 1 aromatic rings. The maximum Gasteiger partial charge on any atom is 0.251 e. The van der Waals surface area contributed by atoms with Crippen LogP contribution < -0.4 is 10.6 Å². The fourth-order valence-electron chi connectivity index (χ4n) is 2.57. The summed E-state index contributed by atoms with van der Waals surface area (Å²) in [6.07, 6.45) is 4.28. The summed E-state index contributed by atoms with van der Waals surface area (Å²) < 4.78 is 5.49. The first-order valence-corrected chi connectivity index (χ1v) is 7.94. The van der Waals surface area contributed by atoms with E-state index in [4.69, 9.17) is 4.74 Å². The predicted molar refractivity (Wildman–Crippen MR) is 85.9 cm³/mol. The third-order valence-electron chi connectivity index (χ3n) is 3.65. The van der Waals surface area contributed by atoms with Gasteiger partial charge >= 0.3 is 0 Å². The number of ether oxygens (including phenoxy) is 1. The molecule has 0 atom stereocenters. The summed E-state index contributed by atoms with van der Waals surface area (Å²) in [7, 11) is 0. The highest BCUT2D eigenvalue weighted by Crippen LogP contribution is 2.25. The summed E-state index contributed by atoms with van der Waals surface area (Å²) >= 11 is 0. The van der Waals surface area contributed by atoms with Crippen molar-refractivity contribution in [1.82, 2.24) is 5.32 Å². The van der Waals surface area contributed by atoms with Crippen molar-refractivity contribution in [3.63, 3.8) is 0 Å². The van der Waals surface area contributed by atoms with Gasteiger partial charge in [-0.25, -0.2) is 0 Å². The van der Waals surface area contributed by atoms with Gasteiger partial charge in [-0.1, -0.05) is 6.07 Å². The van der Waals surface area contributed by atoms with Crippen molar-refractivity contribution in [3.8, 4) is 0 Å². The quantitative estimate of drug-likeness (QED) is 0.759. The van der Waals surface area contributed by atoms with E-state index in [2.05, 4.69) is 16.7 Å². The highest BCUT2D eigenvalue weighted by Gasteiger charge is 2.16. The van der Waals surface area contributed by atoms with E-state index in [0.29, 0.717) is 6.54 Å². The SMILES string of the molecule is CC(C)OCCCCNC(=O)c1cccc2c1CCCN2.